The molecule has 0 bridgehead atoms. The molecule has 2 aromatic heterocycles. The zero-order valence-corrected chi connectivity index (χ0v) is 13.6. The number of anilines is 1. The van der Waals surface area contributed by atoms with E-state index in [1.54, 1.807) is 0 Å². The number of nitrogens with two attached hydrogens (primary N) is 1. The van der Waals surface area contributed by atoms with Crippen LogP contribution in [-0.4, -0.2) is 30.1 Å². The molecule has 1 amide bonds. The maximum Gasteiger partial charge on any atom is 0.263 e. The SMILES string of the molecule is CCOC(C)CNC(=O)c1sc2cc(C)nc(C)c2c1N. The van der Waals surface area contributed by atoms with Crippen molar-refractivity contribution in [2.75, 3.05) is 18.9 Å². The maximum atomic E-state index is 12.3. The predicted octanol–water partition coefficient (Wildman–Crippen LogP) is 2.65. The van der Waals surface area contributed by atoms with E-state index in [1.165, 1.54) is 11.3 Å². The Bertz CT molecular complexity index is 666. The van der Waals surface area contributed by atoms with Crippen molar-refractivity contribution < 1.29 is 9.53 Å². The molecule has 0 saturated carbocycles. The molecular weight excluding hydrogens is 286 g/mol. The monoisotopic (exact) mass is 307 g/mol. The highest BCUT2D eigenvalue weighted by Crippen LogP contribution is 2.35. The molecule has 1 unspecified atom stereocenters. The molecule has 2 aromatic rings. The summed E-state index contributed by atoms with van der Waals surface area (Å²) in [5.41, 5.74) is 8.44. The number of amides is 1. The molecule has 2 heterocycles. The Morgan fingerprint density at radius 2 is 2.24 bits per heavy atom. The van der Waals surface area contributed by atoms with Crippen LogP contribution in [0, 0.1) is 13.8 Å². The first kappa shape index (κ1) is 15.7. The molecule has 0 aromatic carbocycles. The van der Waals surface area contributed by atoms with E-state index in [4.69, 9.17) is 10.5 Å². The number of nitrogen functional groups attached to an aromatic ring is 1. The largest absolute Gasteiger partial charge is 0.397 e. The zero-order valence-electron chi connectivity index (χ0n) is 12.8. The van der Waals surface area contributed by atoms with E-state index in [9.17, 15) is 4.79 Å². The lowest BCUT2D eigenvalue weighted by Crippen LogP contribution is -2.32. The summed E-state index contributed by atoms with van der Waals surface area (Å²) in [6, 6.07) is 1.96. The van der Waals surface area contributed by atoms with Gasteiger partial charge in [-0.1, -0.05) is 0 Å². The fourth-order valence-electron chi connectivity index (χ4n) is 2.31. The number of rotatable bonds is 5. The number of pyridine rings is 1. The fraction of sp³-hybridized carbons (Fsp3) is 0.467. The molecule has 21 heavy (non-hydrogen) atoms. The molecule has 0 spiro atoms. The summed E-state index contributed by atoms with van der Waals surface area (Å²) in [6.07, 6.45) is -0.0137. The van der Waals surface area contributed by atoms with Gasteiger partial charge < -0.3 is 15.8 Å². The van der Waals surface area contributed by atoms with Crippen molar-refractivity contribution in [2.24, 2.45) is 0 Å². The van der Waals surface area contributed by atoms with E-state index in [0.29, 0.717) is 23.7 Å². The number of aromatic nitrogens is 1. The summed E-state index contributed by atoms with van der Waals surface area (Å²) in [5.74, 6) is -0.155. The van der Waals surface area contributed by atoms with Crippen LogP contribution in [0.4, 0.5) is 5.69 Å². The number of carbonyl (C=O) groups excluding carboxylic acids is 1. The predicted molar refractivity (Wildman–Crippen MR) is 86.9 cm³/mol. The molecule has 2 rings (SSSR count). The van der Waals surface area contributed by atoms with Gasteiger partial charge in [-0.3, -0.25) is 9.78 Å². The van der Waals surface area contributed by atoms with Gasteiger partial charge >= 0.3 is 0 Å². The van der Waals surface area contributed by atoms with Gasteiger partial charge in [0.2, 0.25) is 0 Å². The number of fused-ring (bicyclic) bond motifs is 1. The van der Waals surface area contributed by atoms with Gasteiger partial charge in [0.25, 0.3) is 5.91 Å². The molecule has 0 aliphatic carbocycles. The minimum absolute atomic E-state index is 0.0137. The van der Waals surface area contributed by atoms with Gasteiger partial charge in [0.15, 0.2) is 0 Å². The normalized spacial score (nSPS) is 12.6. The van der Waals surface area contributed by atoms with Gasteiger partial charge in [-0.15, -0.1) is 11.3 Å². The second-order valence-electron chi connectivity index (χ2n) is 5.04. The average Bonchev–Trinajstić information content (AvgIpc) is 2.73. The van der Waals surface area contributed by atoms with Gasteiger partial charge in [0.05, 0.1) is 11.8 Å². The topological polar surface area (TPSA) is 77.2 Å². The van der Waals surface area contributed by atoms with E-state index in [1.807, 2.05) is 33.8 Å². The highest BCUT2D eigenvalue weighted by molar-refractivity contribution is 7.21. The zero-order chi connectivity index (χ0) is 15.6. The number of carbonyl (C=O) groups is 1. The van der Waals surface area contributed by atoms with E-state index in [2.05, 4.69) is 10.3 Å². The first-order chi connectivity index (χ1) is 9.93. The van der Waals surface area contributed by atoms with Crippen molar-refractivity contribution in [1.82, 2.24) is 10.3 Å². The summed E-state index contributed by atoms with van der Waals surface area (Å²) < 4.78 is 6.40. The Balaban J connectivity index is 2.24. The van der Waals surface area contributed by atoms with Gasteiger partial charge in [-0.25, -0.2) is 0 Å². The van der Waals surface area contributed by atoms with Gasteiger partial charge in [-0.2, -0.15) is 0 Å². The Morgan fingerprint density at radius 1 is 1.52 bits per heavy atom. The molecule has 0 saturated heterocycles. The van der Waals surface area contributed by atoms with Crippen LogP contribution in [0.2, 0.25) is 0 Å². The summed E-state index contributed by atoms with van der Waals surface area (Å²) in [5, 5.41) is 3.75. The molecular formula is C15H21N3O2S. The summed E-state index contributed by atoms with van der Waals surface area (Å²) in [4.78, 5) is 17.2. The van der Waals surface area contributed by atoms with Gasteiger partial charge in [0, 0.05) is 34.6 Å². The number of hydrogen-bond acceptors (Lipinski definition) is 5. The molecule has 0 aliphatic heterocycles. The molecule has 5 nitrogen and oxygen atoms in total. The van der Waals surface area contributed by atoms with Crippen molar-refractivity contribution in [2.45, 2.75) is 33.8 Å². The van der Waals surface area contributed by atoms with Crippen LogP contribution in [0.5, 0.6) is 0 Å². The number of nitrogens with one attached hydrogen (secondary N) is 1. The van der Waals surface area contributed by atoms with Crippen molar-refractivity contribution in [3.05, 3.63) is 22.3 Å². The highest BCUT2D eigenvalue weighted by atomic mass is 32.1. The van der Waals surface area contributed by atoms with Crippen LogP contribution >= 0.6 is 11.3 Å². The quantitative estimate of drug-likeness (QED) is 0.890. The Hall–Kier alpha value is -1.66. The van der Waals surface area contributed by atoms with E-state index in [-0.39, 0.29) is 12.0 Å². The first-order valence-electron chi connectivity index (χ1n) is 7.00. The molecule has 0 radical (unpaired) electrons. The van der Waals surface area contributed by atoms with Crippen molar-refractivity contribution in [1.29, 1.82) is 0 Å². The van der Waals surface area contributed by atoms with Gasteiger partial charge in [-0.05, 0) is 33.8 Å². The molecule has 0 aliphatic rings. The fourth-order valence-corrected chi connectivity index (χ4v) is 3.49. The van der Waals surface area contributed by atoms with E-state index < -0.39 is 0 Å². The smallest absolute Gasteiger partial charge is 0.263 e. The van der Waals surface area contributed by atoms with E-state index in [0.717, 1.165) is 21.5 Å². The summed E-state index contributed by atoms with van der Waals surface area (Å²) in [6.45, 7) is 8.81. The second kappa shape index (κ2) is 6.41. The first-order valence-corrected chi connectivity index (χ1v) is 7.81. The highest BCUT2D eigenvalue weighted by Gasteiger charge is 2.18. The van der Waals surface area contributed by atoms with Crippen molar-refractivity contribution in [3.63, 3.8) is 0 Å². The van der Waals surface area contributed by atoms with E-state index >= 15 is 0 Å². The number of nitrogens with zero attached hydrogens (tertiary/aromatic N) is 1. The number of thiophene rings is 1. The Kier molecular flexibility index (Phi) is 4.80. The molecule has 0 fully saturated rings. The number of aryl methyl sites for hydroxylation is 2. The van der Waals surface area contributed by atoms with Crippen LogP contribution in [-0.2, 0) is 4.74 Å². The maximum absolute atomic E-state index is 12.3. The van der Waals surface area contributed by atoms with Crippen molar-refractivity contribution >= 4 is 33.0 Å². The van der Waals surface area contributed by atoms with Crippen LogP contribution in [0.3, 0.4) is 0 Å². The van der Waals surface area contributed by atoms with Crippen LogP contribution in [0.25, 0.3) is 10.1 Å². The molecule has 3 N–H and O–H groups in total. The molecule has 6 heteroatoms. The standard InChI is InChI=1S/C15H21N3O2S/c1-5-20-9(3)7-17-15(19)14-13(16)12-10(4)18-8(2)6-11(12)21-14/h6,9H,5,7,16H2,1-4H3,(H,17,19). The lowest BCUT2D eigenvalue weighted by Gasteiger charge is -2.12. The number of hydrogen-bond donors (Lipinski definition) is 2. The third-order valence-corrected chi connectivity index (χ3v) is 4.38. The average molecular weight is 307 g/mol. The molecule has 114 valence electrons. The summed E-state index contributed by atoms with van der Waals surface area (Å²) in [7, 11) is 0. The van der Waals surface area contributed by atoms with Crippen LogP contribution < -0.4 is 11.1 Å². The lowest BCUT2D eigenvalue weighted by molar-refractivity contribution is 0.0697. The minimum Gasteiger partial charge on any atom is -0.397 e. The van der Waals surface area contributed by atoms with Gasteiger partial charge in [0.1, 0.15) is 4.88 Å². The van der Waals surface area contributed by atoms with Crippen molar-refractivity contribution in [3.8, 4) is 0 Å². The van der Waals surface area contributed by atoms with Crippen LogP contribution in [0.1, 0.15) is 34.9 Å². The van der Waals surface area contributed by atoms with Crippen LogP contribution in [0.15, 0.2) is 6.07 Å². The minimum atomic E-state index is -0.155. The second-order valence-corrected chi connectivity index (χ2v) is 6.10. The Morgan fingerprint density at radius 3 is 2.90 bits per heavy atom. The third-order valence-electron chi connectivity index (χ3n) is 3.23. The lowest BCUT2D eigenvalue weighted by atomic mass is 10.2. The third kappa shape index (κ3) is 3.33. The Labute approximate surface area is 128 Å². The summed E-state index contributed by atoms with van der Waals surface area (Å²) >= 11 is 1.41. The molecule has 1 atom stereocenters. The number of ether oxygens (including phenoxy) is 1.